The lowest BCUT2D eigenvalue weighted by atomic mass is 9.86. The molecule has 0 saturated carbocycles. The molecule has 134 valence electrons. The molecule has 0 radical (unpaired) electrons. The number of likely N-dealkylation sites (N-methyl/N-ethyl adjacent to an activating group) is 1. The number of rotatable bonds is 5. The van der Waals surface area contributed by atoms with Crippen LogP contribution in [0, 0.1) is 12.7 Å². The number of aryl methyl sites for hydroxylation is 1. The summed E-state index contributed by atoms with van der Waals surface area (Å²) in [5, 5.41) is 10.0. The van der Waals surface area contributed by atoms with Gasteiger partial charge in [0, 0.05) is 38.4 Å². The van der Waals surface area contributed by atoms with Gasteiger partial charge in [0.05, 0.1) is 5.69 Å². The average Bonchev–Trinajstić information content (AvgIpc) is 3.01. The van der Waals surface area contributed by atoms with E-state index in [1.807, 2.05) is 13.0 Å². The van der Waals surface area contributed by atoms with Gasteiger partial charge in [-0.05, 0) is 38.0 Å². The van der Waals surface area contributed by atoms with Crippen LogP contribution < -0.4 is 10.6 Å². The summed E-state index contributed by atoms with van der Waals surface area (Å²) in [7, 11) is 1.63. The zero-order valence-electron chi connectivity index (χ0n) is 14.5. The van der Waals surface area contributed by atoms with Crippen molar-refractivity contribution >= 4 is 11.6 Å². The third-order valence-corrected chi connectivity index (χ3v) is 4.64. The number of hydrogen-bond donors (Lipinski definition) is 2. The quantitative estimate of drug-likeness (QED) is 0.869. The molecule has 0 spiro atoms. The maximum absolute atomic E-state index is 13.5. The number of halogens is 1. The van der Waals surface area contributed by atoms with Crippen LogP contribution in [0.25, 0.3) is 0 Å². The van der Waals surface area contributed by atoms with Gasteiger partial charge in [0.25, 0.3) is 0 Å². The Hall–Kier alpha value is -2.41. The monoisotopic (exact) mass is 346 g/mol. The Balaban J connectivity index is 1.69. The predicted octanol–water partition coefficient (Wildman–Crippen LogP) is 2.31. The fourth-order valence-corrected chi connectivity index (χ4v) is 3.31. The molecule has 7 heteroatoms. The number of aromatic nitrogens is 1. The van der Waals surface area contributed by atoms with Crippen LogP contribution in [0.1, 0.15) is 24.3 Å². The van der Waals surface area contributed by atoms with E-state index in [1.165, 1.54) is 12.1 Å². The summed E-state index contributed by atoms with van der Waals surface area (Å²) >= 11 is 0. The number of amides is 1. The van der Waals surface area contributed by atoms with E-state index < -0.39 is 5.54 Å². The van der Waals surface area contributed by atoms with Crippen molar-refractivity contribution in [2.75, 3.05) is 25.5 Å². The van der Waals surface area contributed by atoms with Crippen LogP contribution >= 0.6 is 0 Å². The van der Waals surface area contributed by atoms with Crippen LogP contribution in [0.5, 0.6) is 0 Å². The molecule has 3 rings (SSSR count). The molecular weight excluding hydrogens is 323 g/mol. The fourth-order valence-electron chi connectivity index (χ4n) is 3.31. The number of hydrogen-bond acceptors (Lipinski definition) is 5. The third-order valence-electron chi connectivity index (χ3n) is 4.64. The van der Waals surface area contributed by atoms with Crippen molar-refractivity contribution in [1.29, 1.82) is 0 Å². The van der Waals surface area contributed by atoms with Crippen LogP contribution in [0.4, 0.5) is 10.1 Å². The molecule has 25 heavy (non-hydrogen) atoms. The normalized spacial score (nSPS) is 17.2. The van der Waals surface area contributed by atoms with E-state index in [4.69, 9.17) is 4.52 Å². The van der Waals surface area contributed by atoms with Gasteiger partial charge >= 0.3 is 0 Å². The lowest BCUT2D eigenvalue weighted by molar-refractivity contribution is -0.126. The second-order valence-electron chi connectivity index (χ2n) is 6.50. The van der Waals surface area contributed by atoms with E-state index >= 15 is 0 Å². The van der Waals surface area contributed by atoms with E-state index in [1.54, 1.807) is 19.2 Å². The smallest absolute Gasteiger partial charge is 0.245 e. The van der Waals surface area contributed by atoms with E-state index in [-0.39, 0.29) is 11.7 Å². The molecule has 1 fully saturated rings. The van der Waals surface area contributed by atoms with Gasteiger partial charge in [0.1, 0.15) is 17.1 Å². The average molecular weight is 346 g/mol. The largest absolute Gasteiger partial charge is 0.371 e. The molecule has 1 saturated heterocycles. The molecule has 2 heterocycles. The Morgan fingerprint density at radius 2 is 2.12 bits per heavy atom. The minimum absolute atomic E-state index is 0.0753. The lowest BCUT2D eigenvalue weighted by Crippen LogP contribution is -2.57. The second kappa shape index (κ2) is 7.23. The van der Waals surface area contributed by atoms with Crippen molar-refractivity contribution in [2.45, 2.75) is 31.8 Å². The summed E-state index contributed by atoms with van der Waals surface area (Å²) in [6.07, 6.45) is 1.25. The van der Waals surface area contributed by atoms with Crippen molar-refractivity contribution in [3.05, 3.63) is 47.6 Å². The summed E-state index contributed by atoms with van der Waals surface area (Å²) < 4.78 is 18.6. The summed E-state index contributed by atoms with van der Waals surface area (Å²) in [6.45, 7) is 4.04. The Morgan fingerprint density at radius 3 is 2.72 bits per heavy atom. The molecule has 6 nitrogen and oxygen atoms in total. The molecule has 2 aromatic rings. The zero-order valence-corrected chi connectivity index (χ0v) is 14.5. The van der Waals surface area contributed by atoms with Gasteiger partial charge in [-0.1, -0.05) is 11.2 Å². The molecule has 0 unspecified atom stereocenters. The molecule has 0 bridgehead atoms. The van der Waals surface area contributed by atoms with Crippen LogP contribution in [0.15, 0.2) is 34.9 Å². The van der Waals surface area contributed by atoms with Crippen LogP contribution in [-0.4, -0.2) is 41.6 Å². The Bertz CT molecular complexity index is 738. The maximum atomic E-state index is 13.5. The molecule has 1 aromatic carbocycles. The van der Waals surface area contributed by atoms with Crippen LogP contribution in [-0.2, 0) is 11.3 Å². The summed E-state index contributed by atoms with van der Waals surface area (Å²) in [4.78, 5) is 14.8. The molecule has 1 aliphatic rings. The summed E-state index contributed by atoms with van der Waals surface area (Å²) in [5.74, 6) is 0.393. The van der Waals surface area contributed by atoms with E-state index in [0.717, 1.165) is 24.5 Å². The highest BCUT2D eigenvalue weighted by atomic mass is 19.1. The highest BCUT2D eigenvalue weighted by molar-refractivity contribution is 5.89. The summed E-state index contributed by atoms with van der Waals surface area (Å²) in [6, 6.07) is 8.14. The maximum Gasteiger partial charge on any atom is 0.245 e. The Labute approximate surface area is 146 Å². The Kier molecular flexibility index (Phi) is 5.03. The molecular formula is C18H23FN4O2. The van der Waals surface area contributed by atoms with Crippen molar-refractivity contribution in [3.8, 4) is 0 Å². The lowest BCUT2D eigenvalue weighted by Gasteiger charge is -2.41. The van der Waals surface area contributed by atoms with Gasteiger partial charge in [0.15, 0.2) is 0 Å². The third kappa shape index (κ3) is 3.99. The first-order valence-electron chi connectivity index (χ1n) is 8.41. The number of anilines is 1. The number of likely N-dealkylation sites (tertiary alicyclic amines) is 1. The van der Waals surface area contributed by atoms with E-state index in [2.05, 4.69) is 20.7 Å². The van der Waals surface area contributed by atoms with Crippen molar-refractivity contribution < 1.29 is 13.7 Å². The standard InChI is InChI=1S/C18H23FN4O2/c1-13-10-16(22-25-13)12-23-8-6-18(7-9-23,17(24)20-2)21-15-5-3-4-14(19)11-15/h3-5,10-11,21H,6-9,12H2,1-2H3,(H,20,24). The molecule has 0 aliphatic carbocycles. The first kappa shape index (κ1) is 17.4. The van der Waals surface area contributed by atoms with Crippen molar-refractivity contribution in [3.63, 3.8) is 0 Å². The molecule has 2 N–H and O–H groups in total. The minimum Gasteiger partial charge on any atom is -0.371 e. The topological polar surface area (TPSA) is 70.4 Å². The van der Waals surface area contributed by atoms with Crippen molar-refractivity contribution in [1.82, 2.24) is 15.4 Å². The highest BCUT2D eigenvalue weighted by Crippen LogP contribution is 2.28. The number of carbonyl (C=O) groups excluding carboxylic acids is 1. The van der Waals surface area contributed by atoms with Gasteiger partial charge in [-0.2, -0.15) is 0 Å². The van der Waals surface area contributed by atoms with Gasteiger partial charge in [-0.15, -0.1) is 0 Å². The van der Waals surface area contributed by atoms with Crippen molar-refractivity contribution in [2.24, 2.45) is 0 Å². The zero-order chi connectivity index (χ0) is 17.9. The van der Waals surface area contributed by atoms with Gasteiger partial charge in [-0.25, -0.2) is 4.39 Å². The number of benzene rings is 1. The second-order valence-corrected chi connectivity index (χ2v) is 6.50. The van der Waals surface area contributed by atoms with Crippen LogP contribution in [0.2, 0.25) is 0 Å². The minimum atomic E-state index is -0.737. The SMILES string of the molecule is CNC(=O)C1(Nc2cccc(F)c2)CCN(Cc2cc(C)on2)CC1. The van der Waals surface area contributed by atoms with Gasteiger partial charge < -0.3 is 15.2 Å². The predicted molar refractivity (Wildman–Crippen MR) is 92.6 cm³/mol. The van der Waals surface area contributed by atoms with Gasteiger partial charge in [0.2, 0.25) is 5.91 Å². The molecule has 1 amide bonds. The Morgan fingerprint density at radius 1 is 1.36 bits per heavy atom. The highest BCUT2D eigenvalue weighted by Gasteiger charge is 2.41. The first-order valence-corrected chi connectivity index (χ1v) is 8.41. The number of piperidine rings is 1. The summed E-state index contributed by atoms with van der Waals surface area (Å²) in [5.41, 5.74) is 0.769. The molecule has 0 atom stereocenters. The number of carbonyl (C=O) groups is 1. The van der Waals surface area contributed by atoms with E-state index in [9.17, 15) is 9.18 Å². The molecule has 1 aliphatic heterocycles. The fraction of sp³-hybridized carbons (Fsp3) is 0.444. The van der Waals surface area contributed by atoms with E-state index in [0.29, 0.717) is 25.1 Å². The first-order chi connectivity index (χ1) is 12.0. The van der Waals surface area contributed by atoms with Gasteiger partial charge in [-0.3, -0.25) is 9.69 Å². The molecule has 1 aromatic heterocycles. The van der Waals surface area contributed by atoms with Crippen LogP contribution in [0.3, 0.4) is 0 Å². The number of nitrogens with zero attached hydrogens (tertiary/aromatic N) is 2. The number of nitrogens with one attached hydrogen (secondary N) is 2.